The van der Waals surface area contributed by atoms with Crippen LogP contribution in [0.15, 0.2) is 42.6 Å². The molecule has 1 atom stereocenters. The lowest BCUT2D eigenvalue weighted by atomic mass is 9.71. The molecule has 6 nitrogen and oxygen atoms in total. The van der Waals surface area contributed by atoms with E-state index >= 15 is 0 Å². The van der Waals surface area contributed by atoms with Crippen molar-refractivity contribution in [2.24, 2.45) is 0 Å². The van der Waals surface area contributed by atoms with Gasteiger partial charge < -0.3 is 10.6 Å². The van der Waals surface area contributed by atoms with E-state index in [0.717, 1.165) is 39.2 Å². The van der Waals surface area contributed by atoms with Crippen LogP contribution in [0.5, 0.6) is 0 Å². The number of nitrogens with one attached hydrogen (secondary N) is 2. The zero-order valence-corrected chi connectivity index (χ0v) is 16.0. The first-order chi connectivity index (χ1) is 13.4. The summed E-state index contributed by atoms with van der Waals surface area (Å²) >= 11 is 0. The van der Waals surface area contributed by atoms with E-state index in [1.165, 1.54) is 0 Å². The number of fused-ring (bicyclic) bond motifs is 4. The molecule has 1 spiro atoms. The van der Waals surface area contributed by atoms with Crippen LogP contribution in [-0.4, -0.2) is 21.6 Å². The number of carbonyl (C=O) groups excluding carboxylic acids is 2. The SMILES string of the molecule is Cc1cc(C)cc(-n2ncc3c2NC(=O)C[C@]32C(=O)Nc3c(C)cccc32)c1. The van der Waals surface area contributed by atoms with Crippen LogP contribution in [-0.2, 0) is 15.0 Å². The number of hydrogen-bond acceptors (Lipinski definition) is 3. The minimum Gasteiger partial charge on any atom is -0.324 e. The minimum absolute atomic E-state index is 0.0703. The van der Waals surface area contributed by atoms with Crippen molar-refractivity contribution in [3.8, 4) is 5.69 Å². The van der Waals surface area contributed by atoms with Crippen LogP contribution >= 0.6 is 0 Å². The molecule has 0 fully saturated rings. The molecule has 1 aromatic heterocycles. The van der Waals surface area contributed by atoms with Crippen LogP contribution in [0, 0.1) is 20.8 Å². The van der Waals surface area contributed by atoms with E-state index in [9.17, 15) is 9.59 Å². The molecular formula is C22H20N4O2. The Balaban J connectivity index is 1.77. The van der Waals surface area contributed by atoms with E-state index in [4.69, 9.17) is 0 Å². The number of aryl methyl sites for hydroxylation is 3. The van der Waals surface area contributed by atoms with Crippen LogP contribution in [0.4, 0.5) is 11.5 Å². The highest BCUT2D eigenvalue weighted by molar-refractivity contribution is 6.15. The summed E-state index contributed by atoms with van der Waals surface area (Å²) < 4.78 is 1.72. The van der Waals surface area contributed by atoms with Crippen molar-refractivity contribution >= 4 is 23.3 Å². The quantitative estimate of drug-likeness (QED) is 0.688. The summed E-state index contributed by atoms with van der Waals surface area (Å²) in [6.07, 6.45) is 1.78. The lowest BCUT2D eigenvalue weighted by Gasteiger charge is -2.31. The van der Waals surface area contributed by atoms with Crippen molar-refractivity contribution in [3.05, 3.63) is 70.4 Å². The molecule has 2 aromatic carbocycles. The van der Waals surface area contributed by atoms with Crippen molar-refractivity contribution in [2.75, 3.05) is 10.6 Å². The van der Waals surface area contributed by atoms with Crippen molar-refractivity contribution in [3.63, 3.8) is 0 Å². The minimum atomic E-state index is -1.05. The number of nitrogens with zero attached hydrogens (tertiary/aromatic N) is 2. The van der Waals surface area contributed by atoms with E-state index in [1.54, 1.807) is 10.9 Å². The van der Waals surface area contributed by atoms with Crippen molar-refractivity contribution in [1.82, 2.24) is 9.78 Å². The van der Waals surface area contributed by atoms with E-state index < -0.39 is 5.41 Å². The largest absolute Gasteiger partial charge is 0.324 e. The van der Waals surface area contributed by atoms with Crippen molar-refractivity contribution < 1.29 is 9.59 Å². The van der Waals surface area contributed by atoms with Crippen LogP contribution in [0.2, 0.25) is 0 Å². The zero-order valence-electron chi connectivity index (χ0n) is 16.0. The molecule has 5 rings (SSSR count). The van der Waals surface area contributed by atoms with Gasteiger partial charge in [0, 0.05) is 17.7 Å². The molecule has 3 heterocycles. The number of benzene rings is 2. The first-order valence-electron chi connectivity index (χ1n) is 9.29. The maximum absolute atomic E-state index is 13.2. The summed E-state index contributed by atoms with van der Waals surface area (Å²) in [6, 6.07) is 11.9. The highest BCUT2D eigenvalue weighted by Crippen LogP contribution is 2.50. The van der Waals surface area contributed by atoms with Crippen molar-refractivity contribution in [2.45, 2.75) is 32.6 Å². The monoisotopic (exact) mass is 372 g/mol. The number of rotatable bonds is 1. The summed E-state index contributed by atoms with van der Waals surface area (Å²) in [5.41, 5.74) is 5.38. The Labute approximate surface area is 162 Å². The summed E-state index contributed by atoms with van der Waals surface area (Å²) in [5, 5.41) is 10.5. The fourth-order valence-corrected chi connectivity index (χ4v) is 4.54. The fraction of sp³-hybridized carbons (Fsp3) is 0.227. The second-order valence-electron chi connectivity index (χ2n) is 7.75. The Hall–Kier alpha value is -3.41. The van der Waals surface area contributed by atoms with Gasteiger partial charge in [-0.2, -0.15) is 5.10 Å². The van der Waals surface area contributed by atoms with Gasteiger partial charge in [0.25, 0.3) is 0 Å². The molecule has 0 unspecified atom stereocenters. The average Bonchev–Trinajstić information content (AvgIpc) is 3.16. The molecule has 140 valence electrons. The molecule has 0 saturated carbocycles. The highest BCUT2D eigenvalue weighted by atomic mass is 16.2. The standard InChI is InChI=1S/C22H20N4O2/c1-12-7-13(2)9-15(8-12)26-20-17(11-23-26)22(10-18(27)24-20)16-6-4-5-14(3)19(16)25-21(22)28/h4-9,11H,10H2,1-3H3,(H,24,27)(H,25,28)/t22-/m1/s1. The first kappa shape index (κ1) is 16.7. The summed E-state index contributed by atoms with van der Waals surface area (Å²) in [6.45, 7) is 6.01. The highest BCUT2D eigenvalue weighted by Gasteiger charge is 2.54. The molecule has 2 aliphatic rings. The molecule has 0 bridgehead atoms. The van der Waals surface area contributed by atoms with Crippen molar-refractivity contribution in [1.29, 1.82) is 0 Å². The van der Waals surface area contributed by atoms with E-state index in [2.05, 4.69) is 21.8 Å². The third kappa shape index (κ3) is 2.11. The summed E-state index contributed by atoms with van der Waals surface area (Å²) in [7, 11) is 0. The van der Waals surface area contributed by atoms with Gasteiger partial charge in [0.1, 0.15) is 11.2 Å². The second kappa shape index (κ2) is 5.55. The smallest absolute Gasteiger partial charge is 0.240 e. The van der Waals surface area contributed by atoms with E-state index in [1.807, 2.05) is 51.1 Å². The number of aromatic nitrogens is 2. The zero-order chi connectivity index (χ0) is 19.6. The van der Waals surface area contributed by atoms with E-state index in [-0.39, 0.29) is 18.2 Å². The number of anilines is 2. The Morgan fingerprint density at radius 2 is 1.75 bits per heavy atom. The van der Waals surface area contributed by atoms with Gasteiger partial charge in [-0.25, -0.2) is 4.68 Å². The lowest BCUT2D eigenvalue weighted by molar-refractivity contribution is -0.125. The van der Waals surface area contributed by atoms with Gasteiger partial charge in [-0.1, -0.05) is 24.3 Å². The molecule has 0 aliphatic carbocycles. The molecule has 2 amide bonds. The van der Waals surface area contributed by atoms with Gasteiger partial charge in [-0.05, 0) is 55.2 Å². The number of hydrogen-bond donors (Lipinski definition) is 2. The average molecular weight is 372 g/mol. The van der Waals surface area contributed by atoms with Crippen LogP contribution in [0.3, 0.4) is 0 Å². The van der Waals surface area contributed by atoms with Gasteiger partial charge in [0.2, 0.25) is 11.8 Å². The molecule has 2 aliphatic heterocycles. The molecule has 28 heavy (non-hydrogen) atoms. The molecule has 6 heteroatoms. The normalized spacial score (nSPS) is 20.0. The number of amides is 2. The Morgan fingerprint density at radius 1 is 1.00 bits per heavy atom. The van der Waals surface area contributed by atoms with Gasteiger partial charge in [0.15, 0.2) is 0 Å². The molecule has 0 radical (unpaired) electrons. The Kier molecular flexibility index (Phi) is 3.32. The van der Waals surface area contributed by atoms with Crippen LogP contribution < -0.4 is 10.6 Å². The van der Waals surface area contributed by atoms with E-state index in [0.29, 0.717) is 5.82 Å². The third-order valence-corrected chi connectivity index (χ3v) is 5.72. The van der Waals surface area contributed by atoms with Gasteiger partial charge in [0.05, 0.1) is 11.9 Å². The van der Waals surface area contributed by atoms with Crippen LogP contribution in [0.1, 0.15) is 34.2 Å². The second-order valence-corrected chi connectivity index (χ2v) is 7.75. The van der Waals surface area contributed by atoms with Gasteiger partial charge >= 0.3 is 0 Å². The van der Waals surface area contributed by atoms with Gasteiger partial charge in [-0.15, -0.1) is 0 Å². The fourth-order valence-electron chi connectivity index (χ4n) is 4.54. The van der Waals surface area contributed by atoms with Crippen LogP contribution in [0.25, 0.3) is 5.69 Å². The summed E-state index contributed by atoms with van der Waals surface area (Å²) in [4.78, 5) is 25.9. The Morgan fingerprint density at radius 3 is 2.50 bits per heavy atom. The predicted octanol–water partition coefficient (Wildman–Crippen LogP) is 3.38. The molecule has 0 saturated heterocycles. The van der Waals surface area contributed by atoms with Gasteiger partial charge in [-0.3, -0.25) is 9.59 Å². The Bertz CT molecular complexity index is 1160. The topological polar surface area (TPSA) is 76.0 Å². The molecular weight excluding hydrogens is 352 g/mol. The third-order valence-electron chi connectivity index (χ3n) is 5.72. The maximum Gasteiger partial charge on any atom is 0.240 e. The number of para-hydroxylation sites is 1. The first-order valence-corrected chi connectivity index (χ1v) is 9.29. The maximum atomic E-state index is 13.2. The number of carbonyl (C=O) groups is 2. The summed E-state index contributed by atoms with van der Waals surface area (Å²) in [5.74, 6) is 0.196. The molecule has 2 N–H and O–H groups in total. The lowest BCUT2D eigenvalue weighted by Crippen LogP contribution is -2.43. The molecule has 3 aromatic rings. The predicted molar refractivity (Wildman–Crippen MR) is 107 cm³/mol.